The molecule has 0 aromatic heterocycles. The summed E-state index contributed by atoms with van der Waals surface area (Å²) in [5.74, 6) is -0.943. The number of carbonyl (C=O) groups is 2. The zero-order valence-corrected chi connectivity index (χ0v) is 19.1. The fraction of sp³-hybridized carbons (Fsp3) is 0.773. The van der Waals surface area contributed by atoms with Crippen molar-refractivity contribution in [2.45, 2.75) is 62.2 Å². The fourth-order valence-electron chi connectivity index (χ4n) is 5.76. The van der Waals surface area contributed by atoms with Crippen molar-refractivity contribution in [2.75, 3.05) is 39.3 Å². The van der Waals surface area contributed by atoms with Crippen molar-refractivity contribution in [3.63, 3.8) is 0 Å². The van der Waals surface area contributed by atoms with Crippen LogP contribution in [0.15, 0.2) is 15.6 Å². The Labute approximate surface area is 192 Å². The lowest BCUT2D eigenvalue weighted by Crippen LogP contribution is -2.57. The molecule has 8 nitrogen and oxygen atoms in total. The molecule has 5 aliphatic rings. The van der Waals surface area contributed by atoms with Gasteiger partial charge in [0.1, 0.15) is 17.6 Å². The molecular weight excluding hydrogens is 433 g/mol. The number of Topliss-reactive ketones (excluding diaryl/α,β-unsaturated/α-hetero) is 1. The van der Waals surface area contributed by atoms with Crippen molar-refractivity contribution in [1.29, 1.82) is 0 Å². The lowest BCUT2D eigenvalue weighted by molar-refractivity contribution is -0.128. The third-order valence-electron chi connectivity index (χ3n) is 7.26. The van der Waals surface area contributed by atoms with Crippen LogP contribution in [-0.4, -0.2) is 95.4 Å². The third kappa shape index (κ3) is 3.84. The molecule has 1 amide bonds. The second-order valence-corrected chi connectivity index (χ2v) is 10.5. The highest BCUT2D eigenvalue weighted by molar-refractivity contribution is 8.04. The van der Waals surface area contributed by atoms with Crippen LogP contribution in [0.25, 0.3) is 0 Å². The number of amides is 1. The highest BCUT2D eigenvalue weighted by atomic mass is 32.2. The van der Waals surface area contributed by atoms with Gasteiger partial charge in [-0.25, -0.2) is 9.38 Å². The summed E-state index contributed by atoms with van der Waals surface area (Å²) in [5.41, 5.74) is 0.143. The van der Waals surface area contributed by atoms with E-state index < -0.39 is 24.2 Å². The summed E-state index contributed by atoms with van der Waals surface area (Å²) in [6, 6.07) is 0.219. The summed E-state index contributed by atoms with van der Waals surface area (Å²) in [4.78, 5) is 35.6. The molecule has 0 radical (unpaired) electrons. The molecule has 10 heteroatoms. The maximum Gasteiger partial charge on any atom is 0.257 e. The number of aliphatic hydroxyl groups excluding tert-OH is 1. The van der Waals surface area contributed by atoms with Gasteiger partial charge in [-0.2, -0.15) is 0 Å². The number of aliphatic hydroxyl groups is 1. The van der Waals surface area contributed by atoms with E-state index in [0.29, 0.717) is 22.7 Å². The molecule has 3 N–H and O–H groups in total. The number of rotatable bonds is 3. The number of halogens is 1. The molecule has 3 fully saturated rings. The number of alkyl halides is 1. The molecule has 32 heavy (non-hydrogen) atoms. The zero-order valence-electron chi connectivity index (χ0n) is 18.3. The van der Waals surface area contributed by atoms with Crippen LogP contribution < -0.4 is 10.6 Å². The maximum absolute atomic E-state index is 15.4. The number of aliphatic imine (C=N–C) groups is 1. The summed E-state index contributed by atoms with van der Waals surface area (Å²) < 4.78 is 15.4. The summed E-state index contributed by atoms with van der Waals surface area (Å²) in [5, 5.41) is 16.2. The van der Waals surface area contributed by atoms with E-state index in [1.807, 2.05) is 4.90 Å². The van der Waals surface area contributed by atoms with Crippen molar-refractivity contribution >= 4 is 29.3 Å². The minimum atomic E-state index is -1.31. The number of thioether (sulfide) groups is 1. The largest absolute Gasteiger partial charge is 0.395 e. The number of hydrogen-bond acceptors (Lipinski definition) is 8. The normalized spacial score (nSPS) is 35.0. The van der Waals surface area contributed by atoms with Crippen LogP contribution in [0, 0.1) is 5.92 Å². The predicted molar refractivity (Wildman–Crippen MR) is 121 cm³/mol. The second-order valence-electron chi connectivity index (χ2n) is 9.24. The smallest absolute Gasteiger partial charge is 0.257 e. The number of carbonyl (C=O) groups excluding carboxylic acids is 2. The van der Waals surface area contributed by atoms with E-state index in [2.05, 4.69) is 15.5 Å². The van der Waals surface area contributed by atoms with E-state index in [4.69, 9.17) is 10.1 Å². The van der Waals surface area contributed by atoms with Gasteiger partial charge in [0.15, 0.2) is 12.0 Å². The average molecular weight is 466 g/mol. The molecule has 1 saturated carbocycles. The lowest BCUT2D eigenvalue weighted by atomic mass is 9.82. The van der Waals surface area contributed by atoms with Crippen molar-refractivity contribution < 1.29 is 19.1 Å². The Bertz CT molecular complexity index is 828. The average Bonchev–Trinajstić information content (AvgIpc) is 2.97. The highest BCUT2D eigenvalue weighted by Crippen LogP contribution is 2.52. The number of nitrogens with one attached hydrogen (secondary N) is 2. The summed E-state index contributed by atoms with van der Waals surface area (Å²) in [6.07, 6.45) is 3.56. The molecule has 4 heterocycles. The molecule has 5 atom stereocenters. The van der Waals surface area contributed by atoms with Crippen molar-refractivity contribution in [3.8, 4) is 0 Å². The minimum Gasteiger partial charge on any atom is -0.395 e. The number of amidine groups is 1. The van der Waals surface area contributed by atoms with Gasteiger partial charge in [0, 0.05) is 37.5 Å². The standard InChI is InChI=1S/C22H32FN5O3S/c23-14-12-13-18(30)17(21(31)25-8-11-29)22-28(15-4-1-2-5-16(15)32-22)19(13)26-20(14)27-9-3-6-24-7-10-27/h13-16,19,24,29H,1-12H2,(H,25,31). The van der Waals surface area contributed by atoms with Gasteiger partial charge < -0.3 is 25.5 Å². The van der Waals surface area contributed by atoms with Gasteiger partial charge >= 0.3 is 0 Å². The molecule has 4 aliphatic heterocycles. The van der Waals surface area contributed by atoms with E-state index in [1.165, 1.54) is 0 Å². The van der Waals surface area contributed by atoms with Gasteiger partial charge in [-0.1, -0.05) is 12.8 Å². The van der Waals surface area contributed by atoms with Crippen LogP contribution in [-0.2, 0) is 9.59 Å². The first-order chi connectivity index (χ1) is 15.6. The molecule has 0 aromatic rings. The van der Waals surface area contributed by atoms with Crippen LogP contribution in [0.5, 0.6) is 0 Å². The third-order valence-corrected chi connectivity index (χ3v) is 8.75. The maximum atomic E-state index is 15.4. The Balaban J connectivity index is 1.54. The fourth-order valence-corrected chi connectivity index (χ4v) is 7.43. The van der Waals surface area contributed by atoms with Crippen LogP contribution in [0.4, 0.5) is 4.39 Å². The molecule has 0 spiro atoms. The monoisotopic (exact) mass is 465 g/mol. The molecule has 0 aromatic carbocycles. The Morgan fingerprint density at radius 1 is 1.25 bits per heavy atom. The molecule has 0 bridgehead atoms. The minimum absolute atomic E-state index is 0.0644. The van der Waals surface area contributed by atoms with Crippen LogP contribution in [0.2, 0.25) is 0 Å². The number of hydrogen-bond donors (Lipinski definition) is 3. The van der Waals surface area contributed by atoms with Crippen molar-refractivity contribution in [1.82, 2.24) is 20.4 Å². The van der Waals surface area contributed by atoms with E-state index in [0.717, 1.165) is 51.7 Å². The first-order valence-corrected chi connectivity index (χ1v) is 12.8. The van der Waals surface area contributed by atoms with Crippen molar-refractivity contribution in [3.05, 3.63) is 10.6 Å². The summed E-state index contributed by atoms with van der Waals surface area (Å²) in [7, 11) is 0. The Morgan fingerprint density at radius 2 is 2.09 bits per heavy atom. The van der Waals surface area contributed by atoms with Gasteiger partial charge in [0.2, 0.25) is 0 Å². The highest BCUT2D eigenvalue weighted by Gasteiger charge is 2.55. The zero-order chi connectivity index (χ0) is 22.2. The first-order valence-electron chi connectivity index (χ1n) is 11.9. The Morgan fingerprint density at radius 3 is 2.94 bits per heavy atom. The summed E-state index contributed by atoms with van der Waals surface area (Å²) >= 11 is 1.62. The van der Waals surface area contributed by atoms with Gasteiger partial charge in [0.25, 0.3) is 5.91 Å². The quantitative estimate of drug-likeness (QED) is 0.526. The van der Waals surface area contributed by atoms with E-state index >= 15 is 4.39 Å². The number of fused-ring (bicyclic) bond motifs is 5. The number of ketones is 1. The molecule has 176 valence electrons. The topological polar surface area (TPSA) is 97.3 Å². The molecule has 5 unspecified atom stereocenters. The number of nitrogens with zero attached hydrogens (tertiary/aromatic N) is 3. The van der Waals surface area contributed by atoms with E-state index in [9.17, 15) is 9.59 Å². The predicted octanol–water partition coefficient (Wildman–Crippen LogP) is 0.627. The van der Waals surface area contributed by atoms with E-state index in [-0.39, 0.29) is 37.0 Å². The van der Waals surface area contributed by atoms with Crippen LogP contribution >= 0.6 is 11.8 Å². The van der Waals surface area contributed by atoms with Gasteiger partial charge in [-0.05, 0) is 32.2 Å². The SMILES string of the molecule is O=C(NCCO)C1=C2SC3CCCCC3N2C2N=C(N3CCCNCC3)C(F)CC2C1=O. The van der Waals surface area contributed by atoms with Crippen molar-refractivity contribution in [2.24, 2.45) is 10.9 Å². The molecule has 5 rings (SSSR count). The van der Waals surface area contributed by atoms with Crippen LogP contribution in [0.1, 0.15) is 38.5 Å². The lowest BCUT2D eigenvalue weighted by Gasteiger charge is -2.45. The van der Waals surface area contributed by atoms with Gasteiger partial charge in [-0.3, -0.25) is 9.59 Å². The van der Waals surface area contributed by atoms with Gasteiger partial charge in [0.05, 0.1) is 17.6 Å². The molecular formula is C22H32FN5O3S. The van der Waals surface area contributed by atoms with Crippen LogP contribution in [0.3, 0.4) is 0 Å². The van der Waals surface area contributed by atoms with E-state index in [1.54, 1.807) is 11.8 Å². The Kier molecular flexibility index (Phi) is 6.44. The second kappa shape index (κ2) is 9.30. The molecule has 1 aliphatic carbocycles. The first kappa shape index (κ1) is 22.2. The van der Waals surface area contributed by atoms with Gasteiger partial charge in [-0.15, -0.1) is 11.8 Å². The Hall–Kier alpha value is -1.65. The summed E-state index contributed by atoms with van der Waals surface area (Å²) in [6.45, 7) is 3.08. The molecule has 2 saturated heterocycles.